The van der Waals surface area contributed by atoms with Crippen molar-refractivity contribution in [2.24, 2.45) is 0 Å². The summed E-state index contributed by atoms with van der Waals surface area (Å²) >= 11 is 0. The minimum Gasteiger partial charge on any atom is -0.325 e. The van der Waals surface area contributed by atoms with Gasteiger partial charge in [0.1, 0.15) is 24.4 Å². The molecule has 1 unspecified atom stereocenters. The van der Waals surface area contributed by atoms with Crippen LogP contribution in [0.1, 0.15) is 54.0 Å². The van der Waals surface area contributed by atoms with E-state index in [1.807, 2.05) is 30.3 Å². The third kappa shape index (κ3) is 5.42. The van der Waals surface area contributed by atoms with Crippen molar-refractivity contribution >= 4 is 35.8 Å². The number of nitrogens with one attached hydrogen (secondary N) is 2. The summed E-state index contributed by atoms with van der Waals surface area (Å²) in [5.41, 5.74) is 2.56. The van der Waals surface area contributed by atoms with Crippen molar-refractivity contribution in [1.29, 1.82) is 0 Å². The SMILES string of the molecule is C[C@]1(c2cccnc2NC=O)Cc2ccc(NC(=O)CN3C(=O)N(CC(F)(F)F)C(=O)C34CCCCc3ccccc34)cc2C1. The Balaban J connectivity index is 1.27. The Bertz CT molecular complexity index is 1690. The third-order valence-electron chi connectivity index (χ3n) is 9.16. The molecular formula is C33H32F3N5O4. The monoisotopic (exact) mass is 619 g/mol. The molecule has 2 heterocycles. The largest absolute Gasteiger partial charge is 0.406 e. The van der Waals surface area contributed by atoms with Gasteiger partial charge in [-0.3, -0.25) is 24.2 Å². The molecule has 0 saturated carbocycles. The summed E-state index contributed by atoms with van der Waals surface area (Å²) in [6, 6.07) is 15.0. The summed E-state index contributed by atoms with van der Waals surface area (Å²) in [5, 5.41) is 5.46. The minimum atomic E-state index is -4.80. The smallest absolute Gasteiger partial charge is 0.325 e. The second-order valence-electron chi connectivity index (χ2n) is 12.2. The molecule has 2 aromatic carbocycles. The predicted octanol–water partition coefficient (Wildman–Crippen LogP) is 5.09. The number of benzene rings is 2. The Hall–Kier alpha value is -4.74. The van der Waals surface area contributed by atoms with Crippen molar-refractivity contribution in [2.75, 3.05) is 23.7 Å². The van der Waals surface area contributed by atoms with Crippen LogP contribution in [-0.2, 0) is 44.6 Å². The molecule has 1 fully saturated rings. The number of anilines is 2. The van der Waals surface area contributed by atoms with E-state index >= 15 is 0 Å². The van der Waals surface area contributed by atoms with Gasteiger partial charge >= 0.3 is 12.2 Å². The van der Waals surface area contributed by atoms with Crippen molar-refractivity contribution in [3.05, 3.63) is 88.6 Å². The number of fused-ring (bicyclic) bond motifs is 3. The molecule has 3 aromatic rings. The van der Waals surface area contributed by atoms with E-state index < -0.39 is 42.7 Å². The van der Waals surface area contributed by atoms with Gasteiger partial charge in [0.05, 0.1) is 0 Å². The number of pyridine rings is 1. The molecule has 1 saturated heterocycles. The summed E-state index contributed by atoms with van der Waals surface area (Å²) in [5.74, 6) is -1.10. The molecule has 45 heavy (non-hydrogen) atoms. The zero-order chi connectivity index (χ0) is 32.0. The number of alkyl halides is 3. The van der Waals surface area contributed by atoms with Crippen molar-refractivity contribution in [1.82, 2.24) is 14.8 Å². The molecule has 2 atom stereocenters. The standard InChI is InChI=1S/C33H32F3N5O4/c1-31(26-10-6-14-37-28(26)38-20-42)16-22-11-12-24(15-23(22)17-31)39-27(43)18-41-30(45)40(19-33(34,35)36)29(44)32(41)13-5-4-8-21-7-2-3-9-25(21)32/h2-3,6-7,9-12,14-15,20H,4-5,8,13,16-19H2,1H3,(H,39,43)(H,37,38,42)/t31-,32?/m0/s1. The summed E-state index contributed by atoms with van der Waals surface area (Å²) in [4.78, 5) is 57.5. The Morgan fingerprint density at radius 2 is 1.76 bits per heavy atom. The summed E-state index contributed by atoms with van der Waals surface area (Å²) in [6.07, 6.45) is 0.593. The van der Waals surface area contributed by atoms with E-state index in [1.54, 1.807) is 30.5 Å². The summed E-state index contributed by atoms with van der Waals surface area (Å²) < 4.78 is 40.6. The van der Waals surface area contributed by atoms with Crippen LogP contribution in [0.25, 0.3) is 0 Å². The van der Waals surface area contributed by atoms with E-state index in [2.05, 4.69) is 22.5 Å². The van der Waals surface area contributed by atoms with E-state index in [1.165, 1.54) is 0 Å². The van der Waals surface area contributed by atoms with Gasteiger partial charge < -0.3 is 10.6 Å². The number of halogens is 3. The maximum absolute atomic E-state index is 13.8. The fourth-order valence-electron chi connectivity index (χ4n) is 7.27. The molecule has 234 valence electrons. The van der Waals surface area contributed by atoms with Gasteiger partial charge in [-0.25, -0.2) is 9.78 Å². The lowest BCUT2D eigenvalue weighted by Gasteiger charge is -2.35. The number of carbonyl (C=O) groups excluding carboxylic acids is 4. The van der Waals surface area contributed by atoms with Crippen LogP contribution in [0.15, 0.2) is 60.8 Å². The van der Waals surface area contributed by atoms with Crippen LogP contribution in [0.3, 0.4) is 0 Å². The van der Waals surface area contributed by atoms with Crippen molar-refractivity contribution < 1.29 is 32.3 Å². The van der Waals surface area contributed by atoms with E-state index in [-0.39, 0.29) is 16.7 Å². The maximum atomic E-state index is 13.8. The maximum Gasteiger partial charge on any atom is 0.406 e. The van der Waals surface area contributed by atoms with Crippen LogP contribution in [-0.4, -0.2) is 58.3 Å². The lowest BCUT2D eigenvalue weighted by molar-refractivity contribution is -0.155. The van der Waals surface area contributed by atoms with Crippen LogP contribution >= 0.6 is 0 Å². The number of carbonyl (C=O) groups is 4. The Morgan fingerprint density at radius 1 is 1.00 bits per heavy atom. The number of rotatable bonds is 7. The summed E-state index contributed by atoms with van der Waals surface area (Å²) in [7, 11) is 0. The first-order chi connectivity index (χ1) is 21.4. The van der Waals surface area contributed by atoms with Gasteiger partial charge in [-0.1, -0.05) is 43.3 Å². The molecule has 1 spiro atoms. The van der Waals surface area contributed by atoms with E-state index in [4.69, 9.17) is 0 Å². The first-order valence-corrected chi connectivity index (χ1v) is 14.8. The molecule has 2 N–H and O–H groups in total. The summed E-state index contributed by atoms with van der Waals surface area (Å²) in [6.45, 7) is -0.249. The van der Waals surface area contributed by atoms with Crippen LogP contribution < -0.4 is 10.6 Å². The topological polar surface area (TPSA) is 112 Å². The van der Waals surface area contributed by atoms with Crippen molar-refractivity contribution in [3.63, 3.8) is 0 Å². The fraction of sp³-hybridized carbons (Fsp3) is 0.364. The number of hydrogen-bond donors (Lipinski definition) is 2. The molecule has 9 nitrogen and oxygen atoms in total. The van der Waals surface area contributed by atoms with E-state index in [0.29, 0.717) is 55.6 Å². The van der Waals surface area contributed by atoms with Gasteiger partial charge in [-0.05, 0) is 79.0 Å². The van der Waals surface area contributed by atoms with Crippen LogP contribution in [0.2, 0.25) is 0 Å². The molecular weight excluding hydrogens is 587 g/mol. The molecule has 0 radical (unpaired) electrons. The van der Waals surface area contributed by atoms with E-state index in [9.17, 15) is 32.3 Å². The van der Waals surface area contributed by atoms with Crippen LogP contribution in [0, 0.1) is 0 Å². The normalized spacial score (nSPS) is 22.7. The van der Waals surface area contributed by atoms with Gasteiger partial charge in [-0.15, -0.1) is 0 Å². The Kier molecular flexibility index (Phi) is 7.62. The van der Waals surface area contributed by atoms with Crippen LogP contribution in [0.5, 0.6) is 0 Å². The highest BCUT2D eigenvalue weighted by atomic mass is 19.4. The average molecular weight is 620 g/mol. The second kappa shape index (κ2) is 11.3. The lowest BCUT2D eigenvalue weighted by Crippen LogP contribution is -2.50. The second-order valence-corrected chi connectivity index (χ2v) is 12.2. The van der Waals surface area contributed by atoms with Gasteiger partial charge in [0.15, 0.2) is 0 Å². The van der Waals surface area contributed by atoms with Gasteiger partial charge in [-0.2, -0.15) is 13.2 Å². The Morgan fingerprint density at radius 3 is 2.53 bits per heavy atom. The quantitative estimate of drug-likeness (QED) is 0.283. The fourth-order valence-corrected chi connectivity index (χ4v) is 7.27. The number of hydrogen-bond acceptors (Lipinski definition) is 5. The zero-order valence-corrected chi connectivity index (χ0v) is 24.6. The van der Waals surface area contributed by atoms with Gasteiger partial charge in [0.25, 0.3) is 5.91 Å². The molecule has 6 rings (SSSR count). The molecule has 1 aromatic heterocycles. The zero-order valence-electron chi connectivity index (χ0n) is 24.6. The van der Waals surface area contributed by atoms with Crippen molar-refractivity contribution in [3.8, 4) is 0 Å². The number of nitrogens with zero attached hydrogens (tertiary/aromatic N) is 3. The van der Waals surface area contributed by atoms with Crippen molar-refractivity contribution in [2.45, 2.75) is 62.6 Å². The highest BCUT2D eigenvalue weighted by Crippen LogP contribution is 2.46. The van der Waals surface area contributed by atoms with Gasteiger partial charge in [0, 0.05) is 22.9 Å². The first kappa shape index (κ1) is 30.3. The number of imide groups is 1. The number of amides is 5. The molecule has 12 heteroatoms. The molecule has 0 bridgehead atoms. The highest BCUT2D eigenvalue weighted by molar-refractivity contribution is 6.09. The average Bonchev–Trinajstić information content (AvgIpc) is 3.32. The number of aromatic nitrogens is 1. The van der Waals surface area contributed by atoms with Gasteiger partial charge in [0.2, 0.25) is 12.3 Å². The molecule has 2 aliphatic carbocycles. The molecule has 1 aliphatic heterocycles. The highest BCUT2D eigenvalue weighted by Gasteiger charge is 2.60. The molecule has 3 aliphatic rings. The first-order valence-electron chi connectivity index (χ1n) is 14.8. The number of urea groups is 1. The minimum absolute atomic E-state index is 0.114. The molecule has 5 amide bonds. The van der Waals surface area contributed by atoms with Crippen LogP contribution in [0.4, 0.5) is 29.5 Å². The predicted molar refractivity (Wildman–Crippen MR) is 159 cm³/mol. The lowest BCUT2D eigenvalue weighted by atomic mass is 9.80. The Labute approximate surface area is 257 Å². The number of aryl methyl sites for hydroxylation is 1. The van der Waals surface area contributed by atoms with E-state index in [0.717, 1.165) is 27.2 Å². The third-order valence-corrected chi connectivity index (χ3v) is 9.16.